The van der Waals surface area contributed by atoms with Gasteiger partial charge in [0.05, 0.1) is 18.4 Å². The lowest BCUT2D eigenvalue weighted by Crippen LogP contribution is -2.54. The molecule has 0 aromatic heterocycles. The van der Waals surface area contributed by atoms with Crippen LogP contribution in [0.25, 0.3) is 0 Å². The van der Waals surface area contributed by atoms with Crippen molar-refractivity contribution < 1.29 is 57.1 Å². The second kappa shape index (κ2) is 8.21. The molecule has 0 atom stereocenters. The van der Waals surface area contributed by atoms with Gasteiger partial charge in [0, 0.05) is 0 Å². The van der Waals surface area contributed by atoms with Gasteiger partial charge < -0.3 is 4.74 Å². The van der Waals surface area contributed by atoms with E-state index in [0.29, 0.717) is 37.0 Å². The molecule has 1 N–H and O–H groups in total. The average molecular weight is 533 g/mol. The van der Waals surface area contributed by atoms with Crippen LogP contribution in [0.2, 0.25) is 0 Å². The fraction of sp³-hybridized carbons (Fsp3) is 0.941. The molecule has 4 bridgehead atoms. The predicted octanol–water partition coefficient (Wildman–Crippen LogP) is 3.18. The molecule has 4 aliphatic rings. The van der Waals surface area contributed by atoms with Crippen LogP contribution < -0.4 is 4.13 Å². The molecule has 4 fully saturated rings. The van der Waals surface area contributed by atoms with Crippen molar-refractivity contribution in [2.24, 2.45) is 23.2 Å². The summed E-state index contributed by atoms with van der Waals surface area (Å²) in [5.41, 5.74) is -0.883. The molecule has 0 spiro atoms. The molecular weight excluding hydrogens is 511 g/mol. The van der Waals surface area contributed by atoms with E-state index in [2.05, 4.69) is 0 Å². The lowest BCUT2D eigenvalue weighted by atomic mass is 9.49. The molecule has 0 aromatic carbocycles. The van der Waals surface area contributed by atoms with Crippen LogP contribution in [0.1, 0.15) is 44.9 Å². The van der Waals surface area contributed by atoms with Gasteiger partial charge in [0.15, 0.2) is 5.75 Å². The number of ether oxygens (including phenoxy) is 1. The van der Waals surface area contributed by atoms with Gasteiger partial charge in [0.25, 0.3) is 10.0 Å². The first-order valence-electron chi connectivity index (χ1n) is 10.0. The highest BCUT2D eigenvalue weighted by Crippen LogP contribution is 2.60. The van der Waals surface area contributed by atoms with Crippen LogP contribution in [0.3, 0.4) is 0 Å². The molecule has 0 aromatic rings. The van der Waals surface area contributed by atoms with E-state index in [1.165, 1.54) is 0 Å². The lowest BCUT2D eigenvalue weighted by Gasteiger charge is -2.55. The molecular formula is C17H22F7NO6S2. The Morgan fingerprint density at radius 3 is 1.76 bits per heavy atom. The number of esters is 1. The van der Waals surface area contributed by atoms with E-state index in [4.69, 9.17) is 4.74 Å². The quantitative estimate of drug-likeness (QED) is 0.361. The molecule has 0 heterocycles. The smallest absolute Gasteiger partial charge is 0.421 e. The Balaban J connectivity index is 1.62. The number of hydrogen-bond donors (Lipinski definition) is 1. The topological polar surface area (TPSA) is 107 Å². The standard InChI is InChI=1S/C17H22F7NO6S2/c18-15(19,17(23,24)33(29,30)25-32(27,28)9-16(20,21)22)1-2-31-13(26)14-6-10-3-11(7-14)5-12(4-10)8-14/h10-12,25H,1-9H2. The van der Waals surface area contributed by atoms with E-state index < -0.39 is 67.6 Å². The fourth-order valence-corrected chi connectivity index (χ4v) is 8.51. The Morgan fingerprint density at radius 2 is 1.33 bits per heavy atom. The molecule has 0 radical (unpaired) electrons. The van der Waals surface area contributed by atoms with E-state index in [0.717, 1.165) is 19.3 Å². The van der Waals surface area contributed by atoms with E-state index >= 15 is 0 Å². The van der Waals surface area contributed by atoms with Gasteiger partial charge in [-0.1, -0.05) is 0 Å². The van der Waals surface area contributed by atoms with Crippen molar-refractivity contribution in [2.75, 3.05) is 12.4 Å². The van der Waals surface area contributed by atoms with Crippen molar-refractivity contribution in [3.8, 4) is 0 Å². The first kappa shape index (κ1) is 26.4. The Labute approximate surface area is 185 Å². The zero-order valence-electron chi connectivity index (χ0n) is 17.0. The van der Waals surface area contributed by atoms with Crippen LogP contribution in [0, 0.1) is 23.2 Å². The van der Waals surface area contributed by atoms with Gasteiger partial charge in [0.1, 0.15) is 0 Å². The molecule has 0 unspecified atom stereocenters. The highest BCUT2D eigenvalue weighted by Gasteiger charge is 2.66. The van der Waals surface area contributed by atoms with Crippen LogP contribution in [0.5, 0.6) is 0 Å². The summed E-state index contributed by atoms with van der Waals surface area (Å²) in [5, 5.41) is -6.11. The summed E-state index contributed by atoms with van der Waals surface area (Å²) in [5.74, 6) is -8.26. The van der Waals surface area contributed by atoms with Gasteiger partial charge in [-0.3, -0.25) is 4.79 Å². The number of sulfonamides is 2. The summed E-state index contributed by atoms with van der Waals surface area (Å²) in [6.07, 6.45) is -3.13. The average Bonchev–Trinajstić information content (AvgIpc) is 2.56. The van der Waals surface area contributed by atoms with E-state index in [1.54, 1.807) is 0 Å². The minimum atomic E-state index is -6.80. The molecule has 4 aliphatic carbocycles. The monoisotopic (exact) mass is 533 g/mol. The molecule has 33 heavy (non-hydrogen) atoms. The van der Waals surface area contributed by atoms with Crippen molar-refractivity contribution in [1.29, 1.82) is 0 Å². The second-order valence-corrected chi connectivity index (χ2v) is 13.0. The zero-order chi connectivity index (χ0) is 25.1. The van der Waals surface area contributed by atoms with Crippen molar-refractivity contribution >= 4 is 26.0 Å². The maximum atomic E-state index is 14.0. The third-order valence-corrected chi connectivity index (χ3v) is 10.0. The van der Waals surface area contributed by atoms with Gasteiger partial charge in [-0.25, -0.2) is 16.8 Å². The van der Waals surface area contributed by atoms with Crippen molar-refractivity contribution in [2.45, 2.75) is 62.3 Å². The molecule has 16 heteroatoms. The third kappa shape index (κ3) is 5.41. The Hall–Kier alpha value is -1.16. The maximum absolute atomic E-state index is 14.0. The second-order valence-electron chi connectivity index (χ2n) is 9.27. The first-order chi connectivity index (χ1) is 14.8. The molecule has 192 valence electrons. The summed E-state index contributed by atoms with van der Waals surface area (Å²) in [6, 6.07) is 0. The summed E-state index contributed by atoms with van der Waals surface area (Å²) in [6.45, 7) is -1.28. The molecule has 0 aliphatic heterocycles. The summed E-state index contributed by atoms with van der Waals surface area (Å²) >= 11 is 0. The summed E-state index contributed by atoms with van der Waals surface area (Å²) in [7, 11) is -12.8. The third-order valence-electron chi connectivity index (χ3n) is 6.47. The van der Waals surface area contributed by atoms with E-state index in [1.807, 2.05) is 0 Å². The Bertz CT molecular complexity index is 959. The highest BCUT2D eigenvalue weighted by molar-refractivity contribution is 8.05. The number of halogens is 7. The van der Waals surface area contributed by atoms with Crippen LogP contribution in [0.4, 0.5) is 30.7 Å². The largest absolute Gasteiger partial charge is 0.465 e. The number of hydrogen-bond acceptors (Lipinski definition) is 6. The number of carbonyl (C=O) groups is 1. The lowest BCUT2D eigenvalue weighted by molar-refractivity contribution is -0.184. The van der Waals surface area contributed by atoms with E-state index in [9.17, 15) is 52.4 Å². The van der Waals surface area contributed by atoms with Crippen LogP contribution in [-0.4, -0.2) is 52.5 Å². The molecule has 0 amide bonds. The minimum absolute atomic E-state index is 0.0104. The highest BCUT2D eigenvalue weighted by atomic mass is 32.3. The van der Waals surface area contributed by atoms with Crippen LogP contribution >= 0.6 is 0 Å². The van der Waals surface area contributed by atoms with Crippen molar-refractivity contribution in [3.63, 3.8) is 0 Å². The normalized spacial score (nSPS) is 30.5. The number of carbonyl (C=O) groups excluding carboxylic acids is 1. The summed E-state index contributed by atoms with van der Waals surface area (Å²) in [4.78, 5) is 12.6. The Kier molecular flexibility index (Phi) is 6.58. The summed E-state index contributed by atoms with van der Waals surface area (Å²) < 4.78 is 143. The molecule has 4 rings (SSSR count). The zero-order valence-corrected chi connectivity index (χ0v) is 18.6. The first-order valence-corrected chi connectivity index (χ1v) is 13.2. The van der Waals surface area contributed by atoms with Crippen LogP contribution in [-0.2, 0) is 29.6 Å². The predicted molar refractivity (Wildman–Crippen MR) is 98.0 cm³/mol. The van der Waals surface area contributed by atoms with E-state index in [-0.39, 0.29) is 4.13 Å². The fourth-order valence-electron chi connectivity index (χ4n) is 5.59. The van der Waals surface area contributed by atoms with Crippen molar-refractivity contribution in [1.82, 2.24) is 4.13 Å². The van der Waals surface area contributed by atoms with Gasteiger partial charge in [-0.2, -0.15) is 30.7 Å². The van der Waals surface area contributed by atoms with Gasteiger partial charge in [-0.15, -0.1) is 4.13 Å². The number of alkyl halides is 7. The molecule has 7 nitrogen and oxygen atoms in total. The molecule has 0 saturated heterocycles. The van der Waals surface area contributed by atoms with Crippen molar-refractivity contribution in [3.05, 3.63) is 0 Å². The minimum Gasteiger partial charge on any atom is -0.465 e. The van der Waals surface area contributed by atoms with Crippen LogP contribution in [0.15, 0.2) is 0 Å². The Morgan fingerprint density at radius 1 is 0.879 bits per heavy atom. The molecule has 4 saturated carbocycles. The van der Waals surface area contributed by atoms with Gasteiger partial charge >= 0.3 is 23.3 Å². The number of nitrogens with one attached hydrogen (secondary N) is 1. The SMILES string of the molecule is O=C(OCCC(F)(F)C(F)(F)S(=O)(=O)NS(=O)(=O)CC(F)(F)F)C12CC3CC(CC(C3)C1)C2. The van der Waals surface area contributed by atoms with Gasteiger partial charge in [-0.05, 0) is 56.3 Å². The van der Waals surface area contributed by atoms with Gasteiger partial charge in [0.2, 0.25) is 10.0 Å². The maximum Gasteiger partial charge on any atom is 0.421 e. The number of rotatable bonds is 9.